The number of anilines is 1. The lowest BCUT2D eigenvalue weighted by Gasteiger charge is -2.16. The Labute approximate surface area is 155 Å². The van der Waals surface area contributed by atoms with Crippen LogP contribution < -0.4 is 10.1 Å². The van der Waals surface area contributed by atoms with Crippen LogP contribution in [0.2, 0.25) is 10.0 Å². The number of carbonyl (C=O) groups is 1. The number of halogens is 2. The highest BCUT2D eigenvalue weighted by atomic mass is 35.5. The number of nitrogens with one attached hydrogen (secondary N) is 2. The van der Waals surface area contributed by atoms with Gasteiger partial charge in [-0.3, -0.25) is 4.79 Å². The molecular formula is C19H16Cl2N2O2. The largest absolute Gasteiger partial charge is 0.497 e. The molecule has 1 aliphatic carbocycles. The zero-order valence-corrected chi connectivity index (χ0v) is 15.0. The summed E-state index contributed by atoms with van der Waals surface area (Å²) in [4.78, 5) is 16.2. The van der Waals surface area contributed by atoms with E-state index in [0.29, 0.717) is 15.7 Å². The number of carbonyl (C=O) groups excluding carboxylic acids is 1. The second kappa shape index (κ2) is 5.97. The first-order valence-electron chi connectivity index (χ1n) is 7.95. The Morgan fingerprint density at radius 3 is 2.68 bits per heavy atom. The topological polar surface area (TPSA) is 54.1 Å². The highest BCUT2D eigenvalue weighted by molar-refractivity contribution is 6.36. The van der Waals surface area contributed by atoms with Crippen molar-refractivity contribution in [2.24, 2.45) is 0 Å². The Morgan fingerprint density at radius 2 is 2.00 bits per heavy atom. The molecule has 6 heteroatoms. The molecule has 0 spiro atoms. The number of aromatic nitrogens is 1. The summed E-state index contributed by atoms with van der Waals surface area (Å²) in [6, 6.07) is 10.9. The average molecular weight is 375 g/mol. The first-order chi connectivity index (χ1) is 12.0. The smallest absolute Gasteiger partial charge is 0.235 e. The van der Waals surface area contributed by atoms with Crippen molar-refractivity contribution >= 4 is 45.7 Å². The van der Waals surface area contributed by atoms with E-state index in [1.807, 2.05) is 24.4 Å². The lowest BCUT2D eigenvalue weighted by molar-refractivity contribution is -0.118. The molecule has 4 rings (SSSR count). The van der Waals surface area contributed by atoms with Gasteiger partial charge in [0.15, 0.2) is 0 Å². The number of benzene rings is 2. The molecule has 0 aliphatic heterocycles. The molecule has 1 amide bonds. The summed E-state index contributed by atoms with van der Waals surface area (Å²) >= 11 is 12.1. The summed E-state index contributed by atoms with van der Waals surface area (Å²) in [5.74, 6) is 0.714. The van der Waals surface area contributed by atoms with Crippen molar-refractivity contribution in [3.63, 3.8) is 0 Å². The molecule has 3 aromatic rings. The second-order valence-electron chi connectivity index (χ2n) is 6.27. The number of aromatic amines is 1. The predicted molar refractivity (Wildman–Crippen MR) is 101 cm³/mol. The minimum atomic E-state index is -0.534. The molecule has 0 radical (unpaired) electrons. The Bertz CT molecular complexity index is 977. The summed E-state index contributed by atoms with van der Waals surface area (Å²) in [7, 11) is 1.63. The van der Waals surface area contributed by atoms with Gasteiger partial charge < -0.3 is 15.0 Å². The first kappa shape index (κ1) is 16.3. The van der Waals surface area contributed by atoms with Gasteiger partial charge in [-0.25, -0.2) is 0 Å². The lowest BCUT2D eigenvalue weighted by atomic mass is 9.94. The van der Waals surface area contributed by atoms with Crippen LogP contribution in [0.4, 0.5) is 5.69 Å². The molecule has 4 nitrogen and oxygen atoms in total. The molecule has 25 heavy (non-hydrogen) atoms. The fourth-order valence-electron chi connectivity index (χ4n) is 3.20. The maximum atomic E-state index is 13.0. The van der Waals surface area contributed by atoms with E-state index in [2.05, 4.69) is 10.3 Å². The van der Waals surface area contributed by atoms with E-state index in [-0.39, 0.29) is 5.91 Å². The van der Waals surface area contributed by atoms with Crippen molar-refractivity contribution in [1.29, 1.82) is 0 Å². The van der Waals surface area contributed by atoms with Crippen molar-refractivity contribution in [3.8, 4) is 5.75 Å². The molecule has 0 bridgehead atoms. The van der Waals surface area contributed by atoms with E-state index in [1.165, 1.54) is 0 Å². The summed E-state index contributed by atoms with van der Waals surface area (Å²) in [6.07, 6.45) is 3.52. The van der Waals surface area contributed by atoms with Gasteiger partial charge in [-0.1, -0.05) is 23.2 Å². The Hall–Kier alpha value is -2.17. The maximum Gasteiger partial charge on any atom is 0.235 e. The molecule has 0 saturated heterocycles. The third-order valence-electron chi connectivity index (χ3n) is 4.77. The van der Waals surface area contributed by atoms with Gasteiger partial charge >= 0.3 is 0 Å². The summed E-state index contributed by atoms with van der Waals surface area (Å²) in [6.45, 7) is 0. The van der Waals surface area contributed by atoms with Gasteiger partial charge in [-0.2, -0.15) is 0 Å². The zero-order valence-electron chi connectivity index (χ0n) is 13.5. The number of methoxy groups -OCH3 is 1. The SMILES string of the molecule is COc1ccc2[nH]cc(C3(C(=O)Nc4ccc(Cl)cc4Cl)CC3)c2c1. The Balaban J connectivity index is 1.69. The molecular weight excluding hydrogens is 359 g/mol. The van der Waals surface area contributed by atoms with Crippen molar-refractivity contribution in [2.45, 2.75) is 18.3 Å². The van der Waals surface area contributed by atoms with Crippen LogP contribution in [0.3, 0.4) is 0 Å². The van der Waals surface area contributed by atoms with Crippen LogP contribution in [0.25, 0.3) is 10.9 Å². The van der Waals surface area contributed by atoms with E-state index in [9.17, 15) is 4.79 Å². The minimum Gasteiger partial charge on any atom is -0.497 e. The highest BCUT2D eigenvalue weighted by Crippen LogP contribution is 2.51. The van der Waals surface area contributed by atoms with E-state index >= 15 is 0 Å². The van der Waals surface area contributed by atoms with Crippen LogP contribution in [0, 0.1) is 0 Å². The predicted octanol–water partition coefficient (Wildman–Crippen LogP) is 5.15. The number of rotatable bonds is 4. The zero-order chi connectivity index (χ0) is 17.6. The van der Waals surface area contributed by atoms with Crippen LogP contribution in [0.1, 0.15) is 18.4 Å². The van der Waals surface area contributed by atoms with Gasteiger partial charge in [0.25, 0.3) is 0 Å². The van der Waals surface area contributed by atoms with Crippen molar-refractivity contribution in [3.05, 3.63) is 58.2 Å². The molecule has 1 aliphatic rings. The molecule has 2 aromatic carbocycles. The van der Waals surface area contributed by atoms with Crippen molar-refractivity contribution < 1.29 is 9.53 Å². The Kier molecular flexibility index (Phi) is 3.89. The van der Waals surface area contributed by atoms with Crippen LogP contribution in [0.5, 0.6) is 5.75 Å². The molecule has 1 saturated carbocycles. The molecule has 1 fully saturated rings. The summed E-state index contributed by atoms with van der Waals surface area (Å²) in [5, 5.41) is 4.92. The van der Waals surface area contributed by atoms with E-state index in [0.717, 1.165) is 35.1 Å². The molecule has 0 atom stereocenters. The van der Waals surface area contributed by atoms with Gasteiger partial charge in [-0.05, 0) is 54.8 Å². The molecule has 128 valence electrons. The van der Waals surface area contributed by atoms with E-state index < -0.39 is 5.41 Å². The summed E-state index contributed by atoms with van der Waals surface area (Å²) < 4.78 is 5.32. The fourth-order valence-corrected chi connectivity index (χ4v) is 3.65. The molecule has 1 heterocycles. The normalized spacial score (nSPS) is 15.2. The lowest BCUT2D eigenvalue weighted by Crippen LogP contribution is -2.27. The van der Waals surface area contributed by atoms with Gasteiger partial charge in [0.1, 0.15) is 5.75 Å². The van der Waals surface area contributed by atoms with E-state index in [4.69, 9.17) is 27.9 Å². The van der Waals surface area contributed by atoms with Crippen molar-refractivity contribution in [1.82, 2.24) is 4.98 Å². The number of amides is 1. The minimum absolute atomic E-state index is 0.0551. The number of fused-ring (bicyclic) bond motifs is 1. The maximum absolute atomic E-state index is 13.0. The van der Waals surface area contributed by atoms with E-state index in [1.54, 1.807) is 25.3 Å². The average Bonchev–Trinajstić information content (AvgIpc) is 3.30. The fraction of sp³-hybridized carbons (Fsp3) is 0.211. The third kappa shape index (κ3) is 2.75. The van der Waals surface area contributed by atoms with Crippen molar-refractivity contribution in [2.75, 3.05) is 12.4 Å². The number of ether oxygens (including phenoxy) is 1. The van der Waals surface area contributed by atoms with Crippen LogP contribution in [0.15, 0.2) is 42.6 Å². The second-order valence-corrected chi connectivity index (χ2v) is 7.12. The van der Waals surface area contributed by atoms with Gasteiger partial charge in [0.2, 0.25) is 5.91 Å². The first-order valence-corrected chi connectivity index (χ1v) is 8.71. The quantitative estimate of drug-likeness (QED) is 0.662. The summed E-state index contributed by atoms with van der Waals surface area (Å²) in [5.41, 5.74) is 2.01. The number of hydrogen-bond acceptors (Lipinski definition) is 2. The molecule has 2 N–H and O–H groups in total. The van der Waals surface area contributed by atoms with Gasteiger partial charge in [0, 0.05) is 22.1 Å². The highest BCUT2D eigenvalue weighted by Gasteiger charge is 2.52. The molecule has 1 aromatic heterocycles. The van der Waals surface area contributed by atoms with Crippen LogP contribution in [-0.2, 0) is 10.2 Å². The Morgan fingerprint density at radius 1 is 1.20 bits per heavy atom. The third-order valence-corrected chi connectivity index (χ3v) is 5.32. The standard InChI is InChI=1S/C19H16Cl2N2O2/c1-25-12-3-5-16-13(9-12)14(10-22-16)19(6-7-19)18(24)23-17-4-2-11(20)8-15(17)21/h2-5,8-10,22H,6-7H2,1H3,(H,23,24). The number of H-pyrrole nitrogens is 1. The van der Waals surface area contributed by atoms with Gasteiger partial charge in [0.05, 0.1) is 23.2 Å². The van der Waals surface area contributed by atoms with Crippen LogP contribution >= 0.6 is 23.2 Å². The monoisotopic (exact) mass is 374 g/mol. The van der Waals surface area contributed by atoms with Crippen LogP contribution in [-0.4, -0.2) is 18.0 Å². The molecule has 0 unspecified atom stereocenters. The van der Waals surface area contributed by atoms with Gasteiger partial charge in [-0.15, -0.1) is 0 Å². The number of hydrogen-bond donors (Lipinski definition) is 2.